The molecule has 0 bridgehead atoms. The Bertz CT molecular complexity index is 513. The van der Waals surface area contributed by atoms with Gasteiger partial charge in [-0.25, -0.2) is 0 Å². The van der Waals surface area contributed by atoms with Crippen molar-refractivity contribution in [2.24, 2.45) is 0 Å². The fourth-order valence-electron chi connectivity index (χ4n) is 2.30. The number of carboxylic acids is 1. The molecule has 0 heterocycles. The topological polar surface area (TPSA) is 82.1 Å². The normalized spacial score (nSPS) is 10.2. The van der Waals surface area contributed by atoms with Gasteiger partial charge in [-0.2, -0.15) is 0 Å². The summed E-state index contributed by atoms with van der Waals surface area (Å²) in [6.45, 7) is 0. The number of ether oxygens (including phenoxy) is 3. The van der Waals surface area contributed by atoms with Gasteiger partial charge in [0.25, 0.3) is 0 Å². The highest BCUT2D eigenvalue weighted by Crippen LogP contribution is 2.38. The van der Waals surface area contributed by atoms with Gasteiger partial charge < -0.3 is 19.3 Å². The molecule has 1 rings (SSSR count). The first-order valence-electron chi connectivity index (χ1n) is 7.54. The Hall–Kier alpha value is -2.24. The van der Waals surface area contributed by atoms with Crippen LogP contribution in [-0.2, 0) is 16.0 Å². The van der Waals surface area contributed by atoms with Crippen LogP contribution in [0, 0.1) is 0 Å². The number of benzene rings is 1. The Morgan fingerprint density at radius 2 is 1.52 bits per heavy atom. The molecule has 0 fully saturated rings. The number of methoxy groups -OCH3 is 3. The average Bonchev–Trinajstić information content (AvgIpc) is 2.55. The van der Waals surface area contributed by atoms with Crippen molar-refractivity contribution in [1.29, 1.82) is 0 Å². The molecule has 6 heteroatoms. The Labute approximate surface area is 136 Å². The van der Waals surface area contributed by atoms with Crippen LogP contribution in [0.5, 0.6) is 17.2 Å². The molecule has 6 nitrogen and oxygen atoms in total. The van der Waals surface area contributed by atoms with Crippen LogP contribution in [0.15, 0.2) is 12.1 Å². The predicted octanol–water partition coefficient (Wildman–Crippen LogP) is 2.86. The number of carboxylic acid groups (broad SMARTS) is 1. The van der Waals surface area contributed by atoms with Crippen molar-refractivity contribution in [2.45, 2.75) is 38.5 Å². The molecule has 128 valence electrons. The number of aliphatic carboxylic acids is 1. The maximum absolute atomic E-state index is 11.5. The summed E-state index contributed by atoms with van der Waals surface area (Å²) in [5.41, 5.74) is 1.04. The lowest BCUT2D eigenvalue weighted by Crippen LogP contribution is -2.03. The molecule has 1 aromatic rings. The number of rotatable bonds is 11. The number of aryl methyl sites for hydroxylation is 1. The van der Waals surface area contributed by atoms with E-state index in [4.69, 9.17) is 19.3 Å². The maximum atomic E-state index is 11.5. The van der Waals surface area contributed by atoms with Crippen LogP contribution < -0.4 is 14.2 Å². The van der Waals surface area contributed by atoms with Crippen LogP contribution in [-0.4, -0.2) is 38.2 Å². The van der Waals surface area contributed by atoms with E-state index >= 15 is 0 Å². The van der Waals surface area contributed by atoms with Crippen molar-refractivity contribution < 1.29 is 28.9 Å². The van der Waals surface area contributed by atoms with Gasteiger partial charge in [0, 0.05) is 12.8 Å². The SMILES string of the molecule is COc1cc(CCCCC(=O)CCC(=O)O)cc(OC)c1OC. The number of hydrogen-bond acceptors (Lipinski definition) is 5. The average molecular weight is 324 g/mol. The van der Waals surface area contributed by atoms with Crippen LogP contribution in [0.4, 0.5) is 0 Å². The van der Waals surface area contributed by atoms with E-state index < -0.39 is 5.97 Å². The molecule has 0 aliphatic rings. The summed E-state index contributed by atoms with van der Waals surface area (Å²) in [7, 11) is 4.70. The van der Waals surface area contributed by atoms with Gasteiger partial charge >= 0.3 is 5.97 Å². The lowest BCUT2D eigenvalue weighted by molar-refractivity contribution is -0.138. The number of ketones is 1. The molecular formula is C17H24O6. The standard InChI is InChI=1S/C17H24O6/c1-21-14-10-12(11-15(22-2)17(14)23-3)6-4-5-7-13(18)8-9-16(19)20/h10-11H,4-9H2,1-3H3,(H,19,20). The molecule has 0 atom stereocenters. The van der Waals surface area contributed by atoms with Gasteiger partial charge in [0.1, 0.15) is 5.78 Å². The Balaban J connectivity index is 2.52. The molecule has 0 saturated heterocycles. The van der Waals surface area contributed by atoms with Crippen LogP contribution in [0.3, 0.4) is 0 Å². The minimum absolute atomic E-state index is 0.00251. The number of carbonyl (C=O) groups excluding carboxylic acids is 1. The predicted molar refractivity (Wildman–Crippen MR) is 85.5 cm³/mol. The summed E-state index contributed by atoms with van der Waals surface area (Å²) in [6, 6.07) is 3.79. The van der Waals surface area contributed by atoms with E-state index in [1.54, 1.807) is 21.3 Å². The van der Waals surface area contributed by atoms with Gasteiger partial charge in [-0.15, -0.1) is 0 Å². The van der Waals surface area contributed by atoms with Crippen LogP contribution in [0.25, 0.3) is 0 Å². The van der Waals surface area contributed by atoms with Crippen molar-refractivity contribution in [3.63, 3.8) is 0 Å². The highest BCUT2D eigenvalue weighted by Gasteiger charge is 2.13. The number of Topliss-reactive ketones (excluding diaryl/α,β-unsaturated/α-hetero) is 1. The van der Waals surface area contributed by atoms with Gasteiger partial charge in [0.2, 0.25) is 5.75 Å². The van der Waals surface area contributed by atoms with Gasteiger partial charge in [-0.3, -0.25) is 9.59 Å². The third-order valence-electron chi connectivity index (χ3n) is 3.51. The first-order chi connectivity index (χ1) is 11.0. The second kappa shape index (κ2) is 9.71. The summed E-state index contributed by atoms with van der Waals surface area (Å²) in [5.74, 6) is 0.842. The molecule has 0 spiro atoms. The molecule has 23 heavy (non-hydrogen) atoms. The molecule has 0 aliphatic carbocycles. The van der Waals surface area contributed by atoms with E-state index in [-0.39, 0.29) is 18.6 Å². The van der Waals surface area contributed by atoms with Crippen molar-refractivity contribution in [1.82, 2.24) is 0 Å². The molecule has 1 N–H and O–H groups in total. The number of unbranched alkanes of at least 4 members (excludes halogenated alkanes) is 1. The van der Waals surface area contributed by atoms with Gasteiger partial charge in [-0.05, 0) is 37.0 Å². The third-order valence-corrected chi connectivity index (χ3v) is 3.51. The molecular weight excluding hydrogens is 300 g/mol. The third kappa shape index (κ3) is 6.18. The van der Waals surface area contributed by atoms with Crippen molar-refractivity contribution in [3.8, 4) is 17.2 Å². The fraction of sp³-hybridized carbons (Fsp3) is 0.529. The zero-order valence-electron chi connectivity index (χ0n) is 13.9. The van der Waals surface area contributed by atoms with E-state index in [9.17, 15) is 9.59 Å². The maximum Gasteiger partial charge on any atom is 0.303 e. The summed E-state index contributed by atoms with van der Waals surface area (Å²) < 4.78 is 15.9. The smallest absolute Gasteiger partial charge is 0.303 e. The quantitative estimate of drug-likeness (QED) is 0.630. The Morgan fingerprint density at radius 1 is 0.913 bits per heavy atom. The minimum Gasteiger partial charge on any atom is -0.493 e. The lowest BCUT2D eigenvalue weighted by Gasteiger charge is -2.14. The van der Waals surface area contributed by atoms with Crippen LogP contribution in [0.2, 0.25) is 0 Å². The van der Waals surface area contributed by atoms with E-state index in [1.807, 2.05) is 12.1 Å². The zero-order valence-corrected chi connectivity index (χ0v) is 13.9. The second-order valence-electron chi connectivity index (χ2n) is 5.17. The first-order valence-corrected chi connectivity index (χ1v) is 7.54. The summed E-state index contributed by atoms with van der Waals surface area (Å²) in [4.78, 5) is 21.9. The lowest BCUT2D eigenvalue weighted by atomic mass is 10.0. The van der Waals surface area contributed by atoms with Crippen molar-refractivity contribution in [3.05, 3.63) is 17.7 Å². The molecule has 0 radical (unpaired) electrons. The largest absolute Gasteiger partial charge is 0.493 e. The van der Waals surface area contributed by atoms with Crippen molar-refractivity contribution >= 4 is 11.8 Å². The molecule has 0 saturated carbocycles. The minimum atomic E-state index is -0.934. The monoisotopic (exact) mass is 324 g/mol. The first kappa shape index (κ1) is 18.8. The molecule has 0 aliphatic heterocycles. The van der Waals surface area contributed by atoms with Gasteiger partial charge in [0.05, 0.1) is 27.8 Å². The van der Waals surface area contributed by atoms with Gasteiger partial charge in [0.15, 0.2) is 11.5 Å². The Morgan fingerprint density at radius 3 is 2.00 bits per heavy atom. The van der Waals surface area contributed by atoms with Crippen molar-refractivity contribution in [2.75, 3.05) is 21.3 Å². The van der Waals surface area contributed by atoms with E-state index in [0.717, 1.165) is 24.8 Å². The summed E-state index contributed by atoms with van der Waals surface area (Å²) in [6.07, 6.45) is 2.78. The number of carbonyl (C=O) groups is 2. The van der Waals surface area contributed by atoms with Crippen LogP contribution in [0.1, 0.15) is 37.7 Å². The van der Waals surface area contributed by atoms with E-state index in [0.29, 0.717) is 23.7 Å². The molecule has 0 aromatic heterocycles. The second-order valence-corrected chi connectivity index (χ2v) is 5.17. The van der Waals surface area contributed by atoms with E-state index in [2.05, 4.69) is 0 Å². The molecule has 0 unspecified atom stereocenters. The Kier molecular flexibility index (Phi) is 7.94. The summed E-state index contributed by atoms with van der Waals surface area (Å²) in [5, 5.41) is 8.54. The zero-order chi connectivity index (χ0) is 17.2. The van der Waals surface area contributed by atoms with E-state index in [1.165, 1.54) is 0 Å². The van der Waals surface area contributed by atoms with Gasteiger partial charge in [-0.1, -0.05) is 0 Å². The summed E-state index contributed by atoms with van der Waals surface area (Å²) >= 11 is 0. The van der Waals surface area contributed by atoms with Crippen LogP contribution >= 0.6 is 0 Å². The highest BCUT2D eigenvalue weighted by molar-refractivity contribution is 5.82. The highest BCUT2D eigenvalue weighted by atomic mass is 16.5. The number of hydrogen-bond donors (Lipinski definition) is 1. The molecule has 1 aromatic carbocycles. The molecule has 0 amide bonds. The fourth-order valence-corrected chi connectivity index (χ4v) is 2.30.